The molecule has 1 saturated carbocycles. The monoisotopic (exact) mass is 255 g/mol. The van der Waals surface area contributed by atoms with E-state index in [0.717, 1.165) is 18.6 Å². The summed E-state index contributed by atoms with van der Waals surface area (Å²) >= 11 is 0. The summed E-state index contributed by atoms with van der Waals surface area (Å²) in [5.74, 6) is 0.890. The van der Waals surface area contributed by atoms with Crippen LogP contribution in [0.1, 0.15) is 18.4 Å². The number of rotatable bonds is 5. The van der Waals surface area contributed by atoms with Gasteiger partial charge in [0.2, 0.25) is 0 Å². The lowest BCUT2D eigenvalue weighted by Gasteiger charge is -2.35. The van der Waals surface area contributed by atoms with Gasteiger partial charge in [0.1, 0.15) is 11.9 Å². The summed E-state index contributed by atoms with van der Waals surface area (Å²) in [5.41, 5.74) is 1.22. The highest BCUT2D eigenvalue weighted by Gasteiger charge is 2.31. The Balaban J connectivity index is 1.39. The molecule has 1 heterocycles. The van der Waals surface area contributed by atoms with Gasteiger partial charge in [0.25, 0.3) is 0 Å². The van der Waals surface area contributed by atoms with Crippen molar-refractivity contribution in [3.05, 3.63) is 60.4 Å². The van der Waals surface area contributed by atoms with Gasteiger partial charge in [0, 0.05) is 25.2 Å². The number of ether oxygens (including phenoxy) is 2. The molecule has 0 saturated heterocycles. The van der Waals surface area contributed by atoms with Crippen LogP contribution in [0.4, 0.5) is 0 Å². The van der Waals surface area contributed by atoms with Crippen LogP contribution in [0.3, 0.4) is 0 Å². The van der Waals surface area contributed by atoms with Crippen LogP contribution >= 0.6 is 0 Å². The van der Waals surface area contributed by atoms with E-state index in [1.807, 2.05) is 30.3 Å². The average molecular weight is 255 g/mol. The molecule has 1 aromatic heterocycles. The lowest BCUT2D eigenvalue weighted by Crippen LogP contribution is -2.39. The van der Waals surface area contributed by atoms with Crippen LogP contribution in [0.2, 0.25) is 0 Å². The molecule has 0 N–H and O–H groups in total. The first-order valence-electron chi connectivity index (χ1n) is 6.62. The molecule has 3 rings (SSSR count). The van der Waals surface area contributed by atoms with Gasteiger partial charge in [-0.3, -0.25) is 4.98 Å². The molecule has 2 aromatic rings. The highest BCUT2D eigenvalue weighted by molar-refractivity contribution is 5.18. The zero-order chi connectivity index (χ0) is 12.9. The quantitative estimate of drug-likeness (QED) is 0.822. The second kappa shape index (κ2) is 5.85. The third-order valence-corrected chi connectivity index (χ3v) is 3.33. The average Bonchev–Trinajstić information content (AvgIpc) is 2.43. The predicted molar refractivity (Wildman–Crippen MR) is 72.9 cm³/mol. The van der Waals surface area contributed by atoms with Crippen molar-refractivity contribution >= 4 is 0 Å². The predicted octanol–water partition coefficient (Wildman–Crippen LogP) is 3.21. The molecule has 19 heavy (non-hydrogen) atoms. The second-order valence-electron chi connectivity index (χ2n) is 4.81. The van der Waals surface area contributed by atoms with Crippen molar-refractivity contribution in [1.82, 2.24) is 4.98 Å². The van der Waals surface area contributed by atoms with Crippen molar-refractivity contribution in [2.75, 3.05) is 0 Å². The first-order valence-corrected chi connectivity index (χ1v) is 6.62. The normalized spacial score (nSPS) is 21.7. The van der Waals surface area contributed by atoms with Crippen LogP contribution in [0.5, 0.6) is 5.75 Å². The Morgan fingerprint density at radius 2 is 1.68 bits per heavy atom. The molecule has 0 spiro atoms. The minimum atomic E-state index is 0.281. The van der Waals surface area contributed by atoms with Crippen molar-refractivity contribution in [1.29, 1.82) is 0 Å². The number of hydrogen-bond donors (Lipinski definition) is 0. The van der Waals surface area contributed by atoms with Crippen LogP contribution in [-0.2, 0) is 11.3 Å². The fourth-order valence-electron chi connectivity index (χ4n) is 2.15. The Morgan fingerprint density at radius 3 is 2.42 bits per heavy atom. The molecule has 1 aromatic carbocycles. The van der Waals surface area contributed by atoms with Gasteiger partial charge >= 0.3 is 0 Å². The molecule has 1 aliphatic carbocycles. The Kier molecular flexibility index (Phi) is 3.75. The summed E-state index contributed by atoms with van der Waals surface area (Å²) in [7, 11) is 0. The highest BCUT2D eigenvalue weighted by Crippen LogP contribution is 2.28. The lowest BCUT2D eigenvalue weighted by atomic mass is 9.92. The van der Waals surface area contributed by atoms with Gasteiger partial charge in [-0.05, 0) is 17.7 Å². The summed E-state index contributed by atoms with van der Waals surface area (Å²) in [4.78, 5) is 3.97. The Hall–Kier alpha value is -1.87. The summed E-state index contributed by atoms with van der Waals surface area (Å²) in [5, 5.41) is 0. The van der Waals surface area contributed by atoms with Crippen molar-refractivity contribution in [3.8, 4) is 5.75 Å². The van der Waals surface area contributed by atoms with Gasteiger partial charge in [0.15, 0.2) is 0 Å². The van der Waals surface area contributed by atoms with E-state index in [1.165, 1.54) is 5.56 Å². The van der Waals surface area contributed by atoms with E-state index >= 15 is 0 Å². The lowest BCUT2D eigenvalue weighted by molar-refractivity contribution is -0.0683. The summed E-state index contributed by atoms with van der Waals surface area (Å²) in [6.45, 7) is 0.688. The third-order valence-electron chi connectivity index (χ3n) is 3.33. The Labute approximate surface area is 113 Å². The SMILES string of the molecule is c1ccc(CO[C@H]2C[C@H](Oc3ccncc3)C2)cc1. The minimum absolute atomic E-state index is 0.281. The summed E-state index contributed by atoms with van der Waals surface area (Å²) < 4.78 is 11.7. The number of pyridine rings is 1. The van der Waals surface area contributed by atoms with E-state index in [1.54, 1.807) is 12.4 Å². The van der Waals surface area contributed by atoms with E-state index in [0.29, 0.717) is 12.7 Å². The number of benzene rings is 1. The molecule has 0 amide bonds. The van der Waals surface area contributed by atoms with E-state index in [4.69, 9.17) is 9.47 Å². The number of hydrogen-bond acceptors (Lipinski definition) is 3. The van der Waals surface area contributed by atoms with Crippen molar-refractivity contribution in [3.63, 3.8) is 0 Å². The topological polar surface area (TPSA) is 31.4 Å². The van der Waals surface area contributed by atoms with Crippen LogP contribution in [0.25, 0.3) is 0 Å². The third kappa shape index (κ3) is 3.32. The molecule has 1 aliphatic rings. The van der Waals surface area contributed by atoms with Crippen LogP contribution < -0.4 is 4.74 Å². The molecular weight excluding hydrogens is 238 g/mol. The van der Waals surface area contributed by atoms with Gasteiger partial charge in [-0.15, -0.1) is 0 Å². The van der Waals surface area contributed by atoms with E-state index in [9.17, 15) is 0 Å². The molecule has 3 nitrogen and oxygen atoms in total. The molecule has 0 bridgehead atoms. The molecule has 1 fully saturated rings. The van der Waals surface area contributed by atoms with Crippen LogP contribution in [0, 0.1) is 0 Å². The fourth-order valence-corrected chi connectivity index (χ4v) is 2.15. The molecule has 0 atom stereocenters. The first kappa shape index (κ1) is 12.2. The Bertz CT molecular complexity index is 495. The van der Waals surface area contributed by atoms with Gasteiger partial charge in [-0.25, -0.2) is 0 Å². The Morgan fingerprint density at radius 1 is 0.947 bits per heavy atom. The van der Waals surface area contributed by atoms with Crippen molar-refractivity contribution < 1.29 is 9.47 Å². The first-order chi connectivity index (χ1) is 9.40. The van der Waals surface area contributed by atoms with E-state index in [2.05, 4.69) is 17.1 Å². The fraction of sp³-hybridized carbons (Fsp3) is 0.312. The van der Waals surface area contributed by atoms with Gasteiger partial charge < -0.3 is 9.47 Å². The smallest absolute Gasteiger partial charge is 0.122 e. The summed E-state index contributed by atoms with van der Waals surface area (Å²) in [6.07, 6.45) is 6.04. The molecule has 0 radical (unpaired) electrons. The number of nitrogens with zero attached hydrogens (tertiary/aromatic N) is 1. The minimum Gasteiger partial charge on any atom is -0.490 e. The van der Waals surface area contributed by atoms with Crippen molar-refractivity contribution in [2.45, 2.75) is 31.7 Å². The van der Waals surface area contributed by atoms with Crippen molar-refractivity contribution in [2.24, 2.45) is 0 Å². The molecule has 0 unspecified atom stereocenters. The maximum absolute atomic E-state index is 5.84. The van der Waals surface area contributed by atoms with E-state index < -0.39 is 0 Å². The zero-order valence-electron chi connectivity index (χ0n) is 10.7. The summed E-state index contributed by atoms with van der Waals surface area (Å²) in [6, 6.07) is 14.0. The standard InChI is InChI=1S/C16H17NO2/c1-2-4-13(5-3-1)12-18-15-10-16(11-15)19-14-6-8-17-9-7-14/h1-9,15-16H,10-12H2/t15-,16-. The molecule has 3 heteroatoms. The van der Waals surface area contributed by atoms with E-state index in [-0.39, 0.29) is 6.10 Å². The molecular formula is C16H17NO2. The largest absolute Gasteiger partial charge is 0.490 e. The maximum atomic E-state index is 5.84. The zero-order valence-corrected chi connectivity index (χ0v) is 10.7. The van der Waals surface area contributed by atoms with Gasteiger partial charge in [0.05, 0.1) is 12.7 Å². The maximum Gasteiger partial charge on any atom is 0.122 e. The molecule has 98 valence electrons. The second-order valence-corrected chi connectivity index (χ2v) is 4.81. The highest BCUT2D eigenvalue weighted by atomic mass is 16.5. The van der Waals surface area contributed by atoms with Crippen LogP contribution in [-0.4, -0.2) is 17.2 Å². The van der Waals surface area contributed by atoms with Gasteiger partial charge in [-0.2, -0.15) is 0 Å². The molecule has 0 aliphatic heterocycles. The number of aromatic nitrogens is 1. The van der Waals surface area contributed by atoms with Crippen LogP contribution in [0.15, 0.2) is 54.9 Å². The van der Waals surface area contributed by atoms with Gasteiger partial charge in [-0.1, -0.05) is 30.3 Å².